The van der Waals surface area contributed by atoms with E-state index in [0.29, 0.717) is 17.4 Å². The number of nitrogens with one attached hydrogen (secondary N) is 2. The van der Waals surface area contributed by atoms with E-state index in [2.05, 4.69) is 15.8 Å². The highest BCUT2D eigenvalue weighted by Crippen LogP contribution is 2.18. The molecule has 0 bridgehead atoms. The zero-order valence-corrected chi connectivity index (χ0v) is 13.2. The second kappa shape index (κ2) is 8.26. The van der Waals surface area contributed by atoms with Crippen molar-refractivity contribution in [3.8, 4) is 0 Å². The fraction of sp³-hybridized carbons (Fsp3) is 0.176. The molecule has 0 unspecified atom stereocenters. The number of rotatable bonds is 5. The third kappa shape index (κ3) is 4.38. The minimum absolute atomic E-state index is 0.427. The van der Waals surface area contributed by atoms with Gasteiger partial charge in [0.25, 0.3) is 0 Å². The van der Waals surface area contributed by atoms with Gasteiger partial charge < -0.3 is 10.4 Å². The van der Waals surface area contributed by atoms with E-state index in [1.165, 1.54) is 0 Å². The Morgan fingerprint density at radius 3 is 2.27 bits per heavy atom. The minimum Gasteiger partial charge on any atom is -0.382 e. The van der Waals surface area contributed by atoms with Crippen LogP contribution in [-0.4, -0.2) is 22.5 Å². The molecule has 0 radical (unpaired) electrons. The van der Waals surface area contributed by atoms with Crippen LogP contribution >= 0.6 is 12.2 Å². The van der Waals surface area contributed by atoms with Crippen molar-refractivity contribution in [2.75, 3.05) is 6.54 Å². The van der Waals surface area contributed by atoms with Crippen LogP contribution < -0.4 is 10.7 Å². The van der Waals surface area contributed by atoms with Gasteiger partial charge in [-0.25, -0.2) is 0 Å². The first-order chi connectivity index (χ1) is 10.7. The average molecular weight is 313 g/mol. The summed E-state index contributed by atoms with van der Waals surface area (Å²) in [6, 6.07) is 19.0. The Balaban J connectivity index is 2.30. The molecule has 0 amide bonds. The Bertz CT molecular complexity index is 629. The average Bonchev–Trinajstić information content (AvgIpc) is 2.57. The molecule has 2 rings (SSSR count). The maximum Gasteiger partial charge on any atom is 0.186 e. The van der Waals surface area contributed by atoms with Gasteiger partial charge in [-0.15, -0.1) is 0 Å². The Kier molecular flexibility index (Phi) is 6.06. The topological polar surface area (TPSA) is 56.7 Å². The minimum atomic E-state index is -0.833. The Morgan fingerprint density at radius 1 is 1.09 bits per heavy atom. The Hall–Kier alpha value is -2.24. The van der Waals surface area contributed by atoms with Crippen molar-refractivity contribution < 1.29 is 5.11 Å². The van der Waals surface area contributed by atoms with Gasteiger partial charge in [0.05, 0.1) is 0 Å². The largest absolute Gasteiger partial charge is 0.382 e. The lowest BCUT2D eigenvalue weighted by Gasteiger charge is -2.15. The van der Waals surface area contributed by atoms with Crippen LogP contribution in [0, 0.1) is 0 Å². The van der Waals surface area contributed by atoms with E-state index in [0.717, 1.165) is 11.1 Å². The standard InChI is InChI=1S/C17H19N3OS/c1-2-18-17(22)20-19-15(13-9-5-3-6-10-13)16(21)14-11-7-4-8-12-14/h3-12,16,21H,2H2,1H3,(H2,18,20,22)/b19-15-/t16-/m1/s1. The van der Waals surface area contributed by atoms with Crippen LogP contribution in [-0.2, 0) is 0 Å². The van der Waals surface area contributed by atoms with Gasteiger partial charge in [-0.3, -0.25) is 5.43 Å². The highest BCUT2D eigenvalue weighted by atomic mass is 32.1. The van der Waals surface area contributed by atoms with Gasteiger partial charge >= 0.3 is 0 Å². The molecule has 0 aliphatic heterocycles. The molecule has 0 saturated heterocycles. The van der Waals surface area contributed by atoms with Crippen LogP contribution in [0.1, 0.15) is 24.2 Å². The molecule has 22 heavy (non-hydrogen) atoms. The van der Waals surface area contributed by atoms with E-state index in [-0.39, 0.29) is 0 Å². The number of hydrazone groups is 1. The summed E-state index contributed by atoms with van der Waals surface area (Å²) in [5, 5.41) is 18.3. The first-order valence-electron chi connectivity index (χ1n) is 7.12. The van der Waals surface area contributed by atoms with Gasteiger partial charge in [0.15, 0.2) is 5.11 Å². The number of benzene rings is 2. The van der Waals surface area contributed by atoms with E-state index < -0.39 is 6.10 Å². The summed E-state index contributed by atoms with van der Waals surface area (Å²) in [6.07, 6.45) is -0.833. The lowest BCUT2D eigenvalue weighted by molar-refractivity contribution is 0.247. The molecule has 0 spiro atoms. The van der Waals surface area contributed by atoms with E-state index in [9.17, 15) is 5.11 Å². The number of nitrogens with zero attached hydrogens (tertiary/aromatic N) is 1. The van der Waals surface area contributed by atoms with Crippen molar-refractivity contribution in [3.05, 3.63) is 71.8 Å². The molecule has 3 N–H and O–H groups in total. The molecular weight excluding hydrogens is 294 g/mol. The number of aliphatic hydroxyl groups is 1. The van der Waals surface area contributed by atoms with Crippen LogP contribution in [0.3, 0.4) is 0 Å². The van der Waals surface area contributed by atoms with Gasteiger partial charge in [0, 0.05) is 12.1 Å². The van der Waals surface area contributed by atoms with Crippen LogP contribution in [0.5, 0.6) is 0 Å². The van der Waals surface area contributed by atoms with Gasteiger partial charge in [0.1, 0.15) is 11.8 Å². The van der Waals surface area contributed by atoms with Crippen LogP contribution in [0.4, 0.5) is 0 Å². The molecule has 5 heteroatoms. The van der Waals surface area contributed by atoms with Gasteiger partial charge in [-0.2, -0.15) is 5.10 Å². The lowest BCUT2D eigenvalue weighted by atomic mass is 9.99. The predicted molar refractivity (Wildman–Crippen MR) is 93.8 cm³/mol. The normalized spacial score (nSPS) is 12.5. The van der Waals surface area contributed by atoms with Gasteiger partial charge in [0.2, 0.25) is 0 Å². The molecule has 0 aromatic heterocycles. The maximum absolute atomic E-state index is 10.6. The summed E-state index contributed by atoms with van der Waals surface area (Å²) >= 11 is 5.11. The van der Waals surface area contributed by atoms with Crippen molar-refractivity contribution >= 4 is 23.0 Å². The number of hydrogen-bond donors (Lipinski definition) is 3. The molecule has 2 aromatic carbocycles. The summed E-state index contributed by atoms with van der Waals surface area (Å²) in [7, 11) is 0. The molecule has 114 valence electrons. The summed E-state index contributed by atoms with van der Waals surface area (Å²) < 4.78 is 0. The fourth-order valence-corrected chi connectivity index (χ4v) is 2.19. The molecule has 1 atom stereocenters. The first kappa shape index (κ1) is 16.1. The molecular formula is C17H19N3OS. The fourth-order valence-electron chi connectivity index (χ4n) is 2.00. The molecule has 2 aromatic rings. The maximum atomic E-state index is 10.6. The van der Waals surface area contributed by atoms with Crippen molar-refractivity contribution in [2.45, 2.75) is 13.0 Å². The predicted octanol–water partition coefficient (Wildman–Crippen LogP) is 2.61. The number of thiocarbonyl (C=S) groups is 1. The number of hydrogen-bond acceptors (Lipinski definition) is 3. The van der Waals surface area contributed by atoms with Crippen LogP contribution in [0.25, 0.3) is 0 Å². The van der Waals surface area contributed by atoms with Gasteiger partial charge in [-0.1, -0.05) is 60.7 Å². The summed E-state index contributed by atoms with van der Waals surface area (Å²) in [5.41, 5.74) is 4.92. The molecule has 0 fully saturated rings. The zero-order valence-electron chi connectivity index (χ0n) is 12.4. The van der Waals surface area contributed by atoms with Crippen LogP contribution in [0.15, 0.2) is 65.8 Å². The smallest absolute Gasteiger partial charge is 0.186 e. The third-order valence-electron chi connectivity index (χ3n) is 3.06. The second-order valence-electron chi connectivity index (χ2n) is 4.65. The number of aliphatic hydroxyl groups excluding tert-OH is 1. The van der Waals surface area contributed by atoms with E-state index in [1.54, 1.807) is 0 Å². The van der Waals surface area contributed by atoms with Crippen molar-refractivity contribution in [3.63, 3.8) is 0 Å². The first-order valence-corrected chi connectivity index (χ1v) is 7.53. The molecule has 0 aliphatic carbocycles. The lowest BCUT2D eigenvalue weighted by Crippen LogP contribution is -2.33. The van der Waals surface area contributed by atoms with E-state index in [1.807, 2.05) is 67.6 Å². The summed E-state index contributed by atoms with van der Waals surface area (Å²) in [4.78, 5) is 0. The van der Waals surface area contributed by atoms with Crippen LogP contribution in [0.2, 0.25) is 0 Å². The molecule has 0 aliphatic rings. The van der Waals surface area contributed by atoms with Gasteiger partial charge in [-0.05, 0) is 24.7 Å². The SMILES string of the molecule is CCNC(=S)N/N=C(/c1ccccc1)[C@H](O)c1ccccc1. The third-order valence-corrected chi connectivity index (χ3v) is 3.29. The van der Waals surface area contributed by atoms with E-state index >= 15 is 0 Å². The van der Waals surface area contributed by atoms with Crippen molar-refractivity contribution in [1.82, 2.24) is 10.7 Å². The second-order valence-corrected chi connectivity index (χ2v) is 5.06. The highest BCUT2D eigenvalue weighted by molar-refractivity contribution is 7.80. The Labute approximate surface area is 135 Å². The summed E-state index contributed by atoms with van der Waals surface area (Å²) in [5.74, 6) is 0. The highest BCUT2D eigenvalue weighted by Gasteiger charge is 2.17. The van der Waals surface area contributed by atoms with E-state index in [4.69, 9.17) is 12.2 Å². The molecule has 0 saturated carbocycles. The molecule has 0 heterocycles. The summed E-state index contributed by atoms with van der Waals surface area (Å²) in [6.45, 7) is 2.66. The monoisotopic (exact) mass is 313 g/mol. The van der Waals surface area contributed by atoms with Crippen molar-refractivity contribution in [2.24, 2.45) is 5.10 Å². The molecule has 4 nitrogen and oxygen atoms in total. The quantitative estimate of drug-likeness (QED) is 0.451. The zero-order chi connectivity index (χ0) is 15.8. The Morgan fingerprint density at radius 2 is 1.68 bits per heavy atom. The van der Waals surface area contributed by atoms with Crippen molar-refractivity contribution in [1.29, 1.82) is 0 Å².